The zero-order valence-electron chi connectivity index (χ0n) is 10.6. The van der Waals surface area contributed by atoms with Crippen LogP contribution in [0.3, 0.4) is 0 Å². The van der Waals surface area contributed by atoms with E-state index in [9.17, 15) is 4.79 Å². The summed E-state index contributed by atoms with van der Waals surface area (Å²) in [5, 5.41) is 2.90. The Morgan fingerprint density at radius 2 is 2.22 bits per heavy atom. The second-order valence-corrected chi connectivity index (χ2v) is 4.54. The summed E-state index contributed by atoms with van der Waals surface area (Å²) >= 11 is 0. The van der Waals surface area contributed by atoms with Crippen molar-refractivity contribution in [3.63, 3.8) is 0 Å². The van der Waals surface area contributed by atoms with Crippen LogP contribution in [0.1, 0.15) is 19.3 Å². The molecule has 1 aromatic rings. The van der Waals surface area contributed by atoms with E-state index in [1.807, 2.05) is 24.3 Å². The van der Waals surface area contributed by atoms with Crippen LogP contribution in [0.4, 0.5) is 5.69 Å². The van der Waals surface area contributed by atoms with Crippen LogP contribution >= 0.6 is 0 Å². The van der Waals surface area contributed by atoms with Gasteiger partial charge in [0, 0.05) is 31.4 Å². The number of anilines is 1. The van der Waals surface area contributed by atoms with Crippen molar-refractivity contribution in [1.29, 1.82) is 0 Å². The van der Waals surface area contributed by atoms with Crippen LogP contribution < -0.4 is 10.1 Å². The fraction of sp³-hybridized carbons (Fsp3) is 0.500. The lowest BCUT2D eigenvalue weighted by Crippen LogP contribution is -2.22. The standard InChI is InChI=1S/C14H19NO3/c1-17-13-4-2-3-12(10-13)15-14(16)9-11-5-7-18-8-6-11/h2-4,10-11H,5-9H2,1H3,(H,15,16). The van der Waals surface area contributed by atoms with Crippen molar-refractivity contribution in [3.05, 3.63) is 24.3 Å². The lowest BCUT2D eigenvalue weighted by atomic mass is 9.96. The van der Waals surface area contributed by atoms with E-state index in [1.165, 1.54) is 0 Å². The second kappa shape index (κ2) is 6.40. The van der Waals surface area contributed by atoms with E-state index in [2.05, 4.69) is 5.32 Å². The van der Waals surface area contributed by atoms with Gasteiger partial charge in [0.1, 0.15) is 5.75 Å². The van der Waals surface area contributed by atoms with Crippen LogP contribution in [0, 0.1) is 5.92 Å². The van der Waals surface area contributed by atoms with Gasteiger partial charge < -0.3 is 14.8 Å². The van der Waals surface area contributed by atoms with Gasteiger partial charge in [-0.1, -0.05) is 6.07 Å². The molecule has 0 unspecified atom stereocenters. The van der Waals surface area contributed by atoms with Crippen molar-refractivity contribution in [3.8, 4) is 5.75 Å². The van der Waals surface area contributed by atoms with E-state index in [-0.39, 0.29) is 5.91 Å². The van der Waals surface area contributed by atoms with E-state index >= 15 is 0 Å². The Morgan fingerprint density at radius 1 is 1.44 bits per heavy atom. The topological polar surface area (TPSA) is 47.6 Å². The molecule has 0 saturated carbocycles. The summed E-state index contributed by atoms with van der Waals surface area (Å²) in [5.41, 5.74) is 0.784. The molecular weight excluding hydrogens is 230 g/mol. The summed E-state index contributed by atoms with van der Waals surface area (Å²) in [5.74, 6) is 1.26. The van der Waals surface area contributed by atoms with Gasteiger partial charge in [0.15, 0.2) is 0 Å². The maximum Gasteiger partial charge on any atom is 0.224 e. The van der Waals surface area contributed by atoms with Crippen molar-refractivity contribution in [2.24, 2.45) is 5.92 Å². The molecule has 0 radical (unpaired) electrons. The minimum atomic E-state index is 0.0650. The number of methoxy groups -OCH3 is 1. The van der Waals surface area contributed by atoms with E-state index in [1.54, 1.807) is 7.11 Å². The van der Waals surface area contributed by atoms with Crippen molar-refractivity contribution in [1.82, 2.24) is 0 Å². The van der Waals surface area contributed by atoms with Crippen molar-refractivity contribution >= 4 is 11.6 Å². The number of rotatable bonds is 4. The Bertz CT molecular complexity index is 400. The Balaban J connectivity index is 1.85. The zero-order valence-corrected chi connectivity index (χ0v) is 10.6. The number of hydrogen-bond acceptors (Lipinski definition) is 3. The molecule has 4 heteroatoms. The molecular formula is C14H19NO3. The molecule has 1 aliphatic rings. The quantitative estimate of drug-likeness (QED) is 0.891. The average molecular weight is 249 g/mol. The van der Waals surface area contributed by atoms with Crippen LogP contribution in [0.15, 0.2) is 24.3 Å². The molecule has 98 valence electrons. The normalized spacial score (nSPS) is 16.3. The molecule has 0 aliphatic carbocycles. The molecule has 4 nitrogen and oxygen atoms in total. The maximum absolute atomic E-state index is 11.9. The van der Waals surface area contributed by atoms with Gasteiger partial charge in [-0.2, -0.15) is 0 Å². The number of amides is 1. The SMILES string of the molecule is COc1cccc(NC(=O)CC2CCOCC2)c1. The van der Waals surface area contributed by atoms with E-state index in [0.29, 0.717) is 12.3 Å². The summed E-state index contributed by atoms with van der Waals surface area (Å²) in [6.45, 7) is 1.55. The molecule has 1 amide bonds. The molecule has 2 rings (SSSR count). The molecule has 1 N–H and O–H groups in total. The summed E-state index contributed by atoms with van der Waals surface area (Å²) < 4.78 is 10.4. The highest BCUT2D eigenvalue weighted by atomic mass is 16.5. The van der Waals surface area contributed by atoms with Crippen LogP contribution in [0.2, 0.25) is 0 Å². The van der Waals surface area contributed by atoms with Crippen LogP contribution in [-0.2, 0) is 9.53 Å². The van der Waals surface area contributed by atoms with Crippen LogP contribution in [-0.4, -0.2) is 26.2 Å². The molecule has 1 fully saturated rings. The highest BCUT2D eigenvalue weighted by Crippen LogP contribution is 2.21. The molecule has 0 aromatic heterocycles. The predicted octanol–water partition coefficient (Wildman–Crippen LogP) is 2.45. The molecule has 1 heterocycles. The Morgan fingerprint density at radius 3 is 2.94 bits per heavy atom. The summed E-state index contributed by atoms with van der Waals surface area (Å²) in [7, 11) is 1.61. The summed E-state index contributed by atoms with van der Waals surface area (Å²) in [6, 6.07) is 7.41. The van der Waals surface area contributed by atoms with Crippen molar-refractivity contribution in [2.75, 3.05) is 25.6 Å². The molecule has 0 atom stereocenters. The Kier molecular flexibility index (Phi) is 4.59. The monoisotopic (exact) mass is 249 g/mol. The fourth-order valence-corrected chi connectivity index (χ4v) is 2.13. The highest BCUT2D eigenvalue weighted by Gasteiger charge is 2.17. The van der Waals surface area contributed by atoms with E-state index in [4.69, 9.17) is 9.47 Å². The Labute approximate surface area is 107 Å². The maximum atomic E-state index is 11.9. The summed E-state index contributed by atoms with van der Waals surface area (Å²) in [6.07, 6.45) is 2.53. The van der Waals surface area contributed by atoms with Gasteiger partial charge in [0.25, 0.3) is 0 Å². The molecule has 1 saturated heterocycles. The van der Waals surface area contributed by atoms with Crippen molar-refractivity contribution in [2.45, 2.75) is 19.3 Å². The number of nitrogens with one attached hydrogen (secondary N) is 1. The van der Waals surface area contributed by atoms with E-state index < -0.39 is 0 Å². The molecule has 1 aliphatic heterocycles. The van der Waals surface area contributed by atoms with Crippen LogP contribution in [0.25, 0.3) is 0 Å². The third kappa shape index (κ3) is 3.74. The van der Waals surface area contributed by atoms with Gasteiger partial charge in [0.05, 0.1) is 7.11 Å². The second-order valence-electron chi connectivity index (χ2n) is 4.54. The predicted molar refractivity (Wildman–Crippen MR) is 69.8 cm³/mol. The molecule has 0 spiro atoms. The Hall–Kier alpha value is -1.55. The largest absolute Gasteiger partial charge is 0.497 e. The number of benzene rings is 1. The number of hydrogen-bond donors (Lipinski definition) is 1. The zero-order chi connectivity index (χ0) is 12.8. The first-order valence-corrected chi connectivity index (χ1v) is 6.29. The molecule has 0 bridgehead atoms. The highest BCUT2D eigenvalue weighted by molar-refractivity contribution is 5.91. The molecule has 18 heavy (non-hydrogen) atoms. The third-order valence-corrected chi connectivity index (χ3v) is 3.17. The van der Waals surface area contributed by atoms with Gasteiger partial charge >= 0.3 is 0 Å². The lowest BCUT2D eigenvalue weighted by molar-refractivity contribution is -0.117. The third-order valence-electron chi connectivity index (χ3n) is 3.17. The van der Waals surface area contributed by atoms with Gasteiger partial charge in [-0.15, -0.1) is 0 Å². The number of carbonyl (C=O) groups excluding carboxylic acids is 1. The van der Waals surface area contributed by atoms with Gasteiger partial charge in [-0.3, -0.25) is 4.79 Å². The smallest absolute Gasteiger partial charge is 0.224 e. The van der Waals surface area contributed by atoms with Crippen molar-refractivity contribution < 1.29 is 14.3 Å². The first-order valence-electron chi connectivity index (χ1n) is 6.29. The minimum Gasteiger partial charge on any atom is -0.497 e. The average Bonchev–Trinajstić information content (AvgIpc) is 2.40. The van der Waals surface area contributed by atoms with Gasteiger partial charge in [-0.05, 0) is 30.9 Å². The minimum absolute atomic E-state index is 0.0650. The number of ether oxygens (including phenoxy) is 2. The van der Waals surface area contributed by atoms with Crippen LogP contribution in [0.5, 0.6) is 5.75 Å². The summed E-state index contributed by atoms with van der Waals surface area (Å²) in [4.78, 5) is 11.9. The first-order chi connectivity index (χ1) is 8.78. The van der Waals surface area contributed by atoms with E-state index in [0.717, 1.165) is 37.5 Å². The van der Waals surface area contributed by atoms with Gasteiger partial charge in [-0.25, -0.2) is 0 Å². The van der Waals surface area contributed by atoms with Gasteiger partial charge in [0.2, 0.25) is 5.91 Å². The fourth-order valence-electron chi connectivity index (χ4n) is 2.13. The molecule has 1 aromatic carbocycles. The first kappa shape index (κ1) is 12.9. The lowest BCUT2D eigenvalue weighted by Gasteiger charge is -2.21. The number of carbonyl (C=O) groups is 1.